The third-order valence-electron chi connectivity index (χ3n) is 4.30. The third-order valence-corrected chi connectivity index (χ3v) is 4.30. The Bertz CT molecular complexity index is 680. The molecule has 0 saturated heterocycles. The van der Waals surface area contributed by atoms with E-state index in [-0.39, 0.29) is 11.8 Å². The Hall–Kier alpha value is -2.63. The monoisotopic (exact) mass is 313 g/mol. The summed E-state index contributed by atoms with van der Waals surface area (Å²) in [5.74, 6) is -1.52. The van der Waals surface area contributed by atoms with Crippen LogP contribution in [0.1, 0.15) is 25.7 Å². The molecule has 0 radical (unpaired) electrons. The molecule has 2 aromatic rings. The van der Waals surface area contributed by atoms with Crippen LogP contribution in [0.4, 0.5) is 5.69 Å². The lowest BCUT2D eigenvalue weighted by atomic mass is 9.81. The van der Waals surface area contributed by atoms with E-state index < -0.39 is 11.9 Å². The van der Waals surface area contributed by atoms with Gasteiger partial charge in [-0.1, -0.05) is 6.42 Å². The number of carboxylic acid groups (broad SMARTS) is 1. The maximum atomic E-state index is 12.3. The van der Waals surface area contributed by atoms with Crippen molar-refractivity contribution in [2.75, 3.05) is 5.32 Å². The summed E-state index contributed by atoms with van der Waals surface area (Å²) >= 11 is 0. The number of rotatable bonds is 4. The second-order valence-electron chi connectivity index (χ2n) is 5.89. The van der Waals surface area contributed by atoms with Crippen molar-refractivity contribution in [3.05, 3.63) is 42.7 Å². The van der Waals surface area contributed by atoms with Crippen LogP contribution in [0, 0.1) is 11.8 Å². The van der Waals surface area contributed by atoms with Crippen LogP contribution in [0.2, 0.25) is 0 Å². The van der Waals surface area contributed by atoms with Gasteiger partial charge in [-0.05, 0) is 49.6 Å². The smallest absolute Gasteiger partial charge is 0.306 e. The zero-order chi connectivity index (χ0) is 16.2. The van der Waals surface area contributed by atoms with Gasteiger partial charge in [0.05, 0.1) is 11.6 Å². The fourth-order valence-electron chi connectivity index (χ4n) is 3.02. The van der Waals surface area contributed by atoms with Gasteiger partial charge in [0.25, 0.3) is 0 Å². The van der Waals surface area contributed by atoms with E-state index in [0.717, 1.165) is 18.5 Å². The van der Waals surface area contributed by atoms with E-state index in [1.54, 1.807) is 10.9 Å². The van der Waals surface area contributed by atoms with Gasteiger partial charge in [-0.15, -0.1) is 0 Å². The molecule has 3 rings (SSSR count). The molecule has 2 N–H and O–H groups in total. The Balaban J connectivity index is 1.62. The highest BCUT2D eigenvalue weighted by Gasteiger charge is 2.30. The molecule has 1 aliphatic carbocycles. The topological polar surface area (TPSA) is 84.2 Å². The second-order valence-corrected chi connectivity index (χ2v) is 5.89. The van der Waals surface area contributed by atoms with Gasteiger partial charge >= 0.3 is 5.97 Å². The number of amides is 1. The number of benzene rings is 1. The summed E-state index contributed by atoms with van der Waals surface area (Å²) in [6.45, 7) is 0. The van der Waals surface area contributed by atoms with Gasteiger partial charge in [0.1, 0.15) is 0 Å². The lowest BCUT2D eigenvalue weighted by Gasteiger charge is -2.25. The van der Waals surface area contributed by atoms with Crippen LogP contribution in [0.15, 0.2) is 42.7 Å². The molecule has 120 valence electrons. The summed E-state index contributed by atoms with van der Waals surface area (Å²) in [6, 6.07) is 9.25. The number of aliphatic carboxylic acids is 1. The molecule has 23 heavy (non-hydrogen) atoms. The van der Waals surface area contributed by atoms with Crippen molar-refractivity contribution in [1.82, 2.24) is 9.78 Å². The Morgan fingerprint density at radius 1 is 1.17 bits per heavy atom. The molecule has 1 saturated carbocycles. The lowest BCUT2D eigenvalue weighted by molar-refractivity contribution is -0.143. The minimum Gasteiger partial charge on any atom is -0.481 e. The molecule has 1 heterocycles. The summed E-state index contributed by atoms with van der Waals surface area (Å²) < 4.78 is 1.74. The molecule has 6 nitrogen and oxygen atoms in total. The van der Waals surface area contributed by atoms with Crippen molar-refractivity contribution in [3.63, 3.8) is 0 Å². The highest BCUT2D eigenvalue weighted by molar-refractivity contribution is 5.93. The molecule has 1 aromatic carbocycles. The standard InChI is InChI=1S/C17H19N3O3/c21-16(12-3-1-4-13(11-12)17(22)23)19-14-5-7-15(8-6-14)20-10-2-9-18-20/h2,5-10,12-13H,1,3-4,11H2,(H,19,21)(H,22,23). The van der Waals surface area contributed by atoms with E-state index >= 15 is 0 Å². The van der Waals surface area contributed by atoms with Crippen molar-refractivity contribution in [2.45, 2.75) is 25.7 Å². The molecule has 0 bridgehead atoms. The molecular formula is C17H19N3O3. The second kappa shape index (κ2) is 6.64. The van der Waals surface area contributed by atoms with Crippen molar-refractivity contribution >= 4 is 17.6 Å². The molecule has 1 aromatic heterocycles. The van der Waals surface area contributed by atoms with Gasteiger partial charge in [-0.2, -0.15) is 5.10 Å². The minimum absolute atomic E-state index is 0.0946. The number of hydrogen-bond acceptors (Lipinski definition) is 3. The zero-order valence-corrected chi connectivity index (χ0v) is 12.7. The number of carboxylic acids is 1. The zero-order valence-electron chi connectivity index (χ0n) is 12.7. The molecule has 1 amide bonds. The number of carbonyl (C=O) groups is 2. The van der Waals surface area contributed by atoms with E-state index in [9.17, 15) is 9.59 Å². The largest absolute Gasteiger partial charge is 0.481 e. The van der Waals surface area contributed by atoms with E-state index in [0.29, 0.717) is 18.5 Å². The Morgan fingerprint density at radius 2 is 1.91 bits per heavy atom. The molecule has 2 unspecified atom stereocenters. The SMILES string of the molecule is O=C(O)C1CCCC(C(=O)Nc2ccc(-n3cccn3)cc2)C1. The van der Waals surface area contributed by atoms with Crippen LogP contribution in [-0.4, -0.2) is 26.8 Å². The van der Waals surface area contributed by atoms with Gasteiger partial charge in [-0.3, -0.25) is 9.59 Å². The van der Waals surface area contributed by atoms with Crippen LogP contribution in [0.5, 0.6) is 0 Å². The number of aromatic nitrogens is 2. The number of hydrogen-bond donors (Lipinski definition) is 2. The Morgan fingerprint density at radius 3 is 2.57 bits per heavy atom. The first-order valence-corrected chi connectivity index (χ1v) is 7.77. The average Bonchev–Trinajstić information content (AvgIpc) is 3.10. The van der Waals surface area contributed by atoms with Gasteiger partial charge in [0.2, 0.25) is 5.91 Å². The van der Waals surface area contributed by atoms with Crippen LogP contribution in [-0.2, 0) is 9.59 Å². The van der Waals surface area contributed by atoms with E-state index in [1.807, 2.05) is 36.5 Å². The molecule has 2 atom stereocenters. The first kappa shape index (κ1) is 15.3. The van der Waals surface area contributed by atoms with Crippen LogP contribution in [0.25, 0.3) is 5.69 Å². The summed E-state index contributed by atoms with van der Waals surface area (Å²) in [5.41, 5.74) is 1.62. The first-order chi connectivity index (χ1) is 11.1. The van der Waals surface area contributed by atoms with Crippen molar-refractivity contribution in [2.24, 2.45) is 11.8 Å². The van der Waals surface area contributed by atoms with Crippen molar-refractivity contribution in [1.29, 1.82) is 0 Å². The summed E-state index contributed by atoms with van der Waals surface area (Å²) in [7, 11) is 0. The molecule has 0 aliphatic heterocycles. The van der Waals surface area contributed by atoms with Gasteiger partial charge in [0.15, 0.2) is 0 Å². The Labute approximate surface area is 134 Å². The van der Waals surface area contributed by atoms with Gasteiger partial charge in [-0.25, -0.2) is 4.68 Å². The van der Waals surface area contributed by atoms with Crippen molar-refractivity contribution < 1.29 is 14.7 Å². The molecule has 6 heteroatoms. The number of anilines is 1. The van der Waals surface area contributed by atoms with Gasteiger partial charge in [0, 0.05) is 24.0 Å². The molecule has 0 spiro atoms. The molecule has 1 aliphatic rings. The van der Waals surface area contributed by atoms with Crippen LogP contribution < -0.4 is 5.32 Å². The maximum absolute atomic E-state index is 12.3. The highest BCUT2D eigenvalue weighted by atomic mass is 16.4. The van der Waals surface area contributed by atoms with E-state index in [4.69, 9.17) is 5.11 Å². The summed E-state index contributed by atoms with van der Waals surface area (Å²) in [4.78, 5) is 23.4. The van der Waals surface area contributed by atoms with E-state index in [1.165, 1.54) is 0 Å². The van der Waals surface area contributed by atoms with E-state index in [2.05, 4.69) is 10.4 Å². The number of nitrogens with zero attached hydrogens (tertiary/aromatic N) is 2. The quantitative estimate of drug-likeness (QED) is 0.909. The molecule has 1 fully saturated rings. The Kier molecular flexibility index (Phi) is 4.41. The normalized spacial score (nSPS) is 20.9. The van der Waals surface area contributed by atoms with Crippen molar-refractivity contribution in [3.8, 4) is 5.69 Å². The predicted molar refractivity (Wildman–Crippen MR) is 85.3 cm³/mol. The number of nitrogens with one attached hydrogen (secondary N) is 1. The highest BCUT2D eigenvalue weighted by Crippen LogP contribution is 2.30. The predicted octanol–water partition coefficient (Wildman–Crippen LogP) is 2.70. The third kappa shape index (κ3) is 3.59. The van der Waals surface area contributed by atoms with Gasteiger partial charge < -0.3 is 10.4 Å². The first-order valence-electron chi connectivity index (χ1n) is 7.77. The fourth-order valence-corrected chi connectivity index (χ4v) is 3.02. The fraction of sp³-hybridized carbons (Fsp3) is 0.353. The van der Waals surface area contributed by atoms with Crippen LogP contribution >= 0.6 is 0 Å². The summed E-state index contributed by atoms with van der Waals surface area (Å²) in [6.07, 6.45) is 6.18. The number of carbonyl (C=O) groups excluding carboxylic acids is 1. The molecular weight excluding hydrogens is 294 g/mol. The minimum atomic E-state index is -0.800. The lowest BCUT2D eigenvalue weighted by Crippen LogP contribution is -2.30. The van der Waals surface area contributed by atoms with Crippen LogP contribution in [0.3, 0.4) is 0 Å². The maximum Gasteiger partial charge on any atom is 0.306 e. The summed E-state index contributed by atoms with van der Waals surface area (Å²) in [5, 5.41) is 16.1. The average molecular weight is 313 g/mol.